The maximum atomic E-state index is 5.63. The van der Waals surface area contributed by atoms with Gasteiger partial charge in [-0.15, -0.1) is 0 Å². The van der Waals surface area contributed by atoms with Crippen molar-refractivity contribution in [3.05, 3.63) is 24.0 Å². The molecule has 0 saturated heterocycles. The predicted octanol–water partition coefficient (Wildman–Crippen LogP) is 2.32. The van der Waals surface area contributed by atoms with Crippen molar-refractivity contribution < 1.29 is 0 Å². The van der Waals surface area contributed by atoms with Gasteiger partial charge in [-0.2, -0.15) is 0 Å². The van der Waals surface area contributed by atoms with Crippen LogP contribution < -0.4 is 11.1 Å². The molecule has 0 fully saturated rings. The van der Waals surface area contributed by atoms with Gasteiger partial charge < -0.3 is 11.1 Å². The van der Waals surface area contributed by atoms with Gasteiger partial charge in [0.25, 0.3) is 0 Å². The number of pyridine rings is 1. The Morgan fingerprint density at radius 1 is 1.53 bits per heavy atom. The van der Waals surface area contributed by atoms with Gasteiger partial charge in [-0.1, -0.05) is 6.92 Å². The monoisotopic (exact) mass is 207 g/mol. The Hall–Kier alpha value is -1.09. The van der Waals surface area contributed by atoms with Crippen LogP contribution in [0.3, 0.4) is 0 Å². The minimum Gasteiger partial charge on any atom is -0.380 e. The fourth-order valence-corrected chi connectivity index (χ4v) is 1.58. The number of nitrogens with zero attached hydrogens (tertiary/aromatic N) is 1. The smallest absolute Gasteiger partial charge is 0.0404 e. The summed E-state index contributed by atoms with van der Waals surface area (Å²) in [7, 11) is 0. The first kappa shape index (κ1) is 12.0. The second-order valence-corrected chi connectivity index (χ2v) is 4.27. The molecule has 3 heteroatoms. The van der Waals surface area contributed by atoms with E-state index in [1.54, 1.807) is 0 Å². The normalized spacial score (nSPS) is 14.7. The Morgan fingerprint density at radius 3 is 2.80 bits per heavy atom. The van der Waals surface area contributed by atoms with Crippen LogP contribution in [0.25, 0.3) is 0 Å². The molecule has 3 N–H and O–H groups in total. The third-order valence-electron chi connectivity index (χ3n) is 2.93. The van der Waals surface area contributed by atoms with E-state index < -0.39 is 0 Å². The van der Waals surface area contributed by atoms with Crippen molar-refractivity contribution in [3.63, 3.8) is 0 Å². The highest BCUT2D eigenvalue weighted by atomic mass is 15.0. The van der Waals surface area contributed by atoms with Gasteiger partial charge in [0.15, 0.2) is 0 Å². The largest absolute Gasteiger partial charge is 0.380 e. The molecule has 0 aliphatic rings. The molecule has 0 amide bonds. The van der Waals surface area contributed by atoms with Crippen LogP contribution in [-0.2, 0) is 0 Å². The zero-order valence-electron chi connectivity index (χ0n) is 9.88. The summed E-state index contributed by atoms with van der Waals surface area (Å²) in [6.07, 6.45) is 5.73. The molecule has 1 unspecified atom stereocenters. The van der Waals surface area contributed by atoms with Crippen molar-refractivity contribution in [1.29, 1.82) is 0 Å². The van der Waals surface area contributed by atoms with Crippen molar-refractivity contribution >= 4 is 5.69 Å². The fraction of sp³-hybridized carbons (Fsp3) is 0.583. The minimum atomic E-state index is 0.0842. The third-order valence-corrected chi connectivity index (χ3v) is 2.93. The highest BCUT2D eigenvalue weighted by molar-refractivity contribution is 5.50. The number of rotatable bonds is 5. The Balaban J connectivity index is 2.79. The SMILES string of the molecule is CCC(C)(CCN)Nc1ccncc1C. The first-order valence-electron chi connectivity index (χ1n) is 5.50. The van der Waals surface area contributed by atoms with Crippen LogP contribution in [0, 0.1) is 6.92 Å². The van der Waals surface area contributed by atoms with Crippen LogP contribution >= 0.6 is 0 Å². The average molecular weight is 207 g/mol. The van der Waals surface area contributed by atoms with Crippen molar-refractivity contribution in [2.24, 2.45) is 5.73 Å². The molecular formula is C12H21N3. The quantitative estimate of drug-likeness (QED) is 0.779. The van der Waals surface area contributed by atoms with Gasteiger partial charge in [0, 0.05) is 23.6 Å². The molecule has 15 heavy (non-hydrogen) atoms. The Kier molecular flexibility index (Phi) is 4.09. The third kappa shape index (κ3) is 3.20. The van der Waals surface area contributed by atoms with Gasteiger partial charge in [0.2, 0.25) is 0 Å². The molecule has 0 bridgehead atoms. The molecule has 0 radical (unpaired) electrons. The topological polar surface area (TPSA) is 50.9 Å². The zero-order chi connectivity index (χ0) is 11.3. The Morgan fingerprint density at radius 2 is 2.27 bits per heavy atom. The van der Waals surface area contributed by atoms with Gasteiger partial charge in [-0.05, 0) is 44.9 Å². The van der Waals surface area contributed by atoms with E-state index >= 15 is 0 Å². The van der Waals surface area contributed by atoms with Crippen LogP contribution in [0.1, 0.15) is 32.3 Å². The lowest BCUT2D eigenvalue weighted by atomic mass is 9.94. The highest BCUT2D eigenvalue weighted by Gasteiger charge is 2.20. The maximum absolute atomic E-state index is 5.63. The number of aromatic nitrogens is 1. The molecule has 1 heterocycles. The van der Waals surface area contributed by atoms with Gasteiger partial charge >= 0.3 is 0 Å². The Bertz CT molecular complexity index is 311. The molecule has 3 nitrogen and oxygen atoms in total. The second-order valence-electron chi connectivity index (χ2n) is 4.27. The highest BCUT2D eigenvalue weighted by Crippen LogP contribution is 2.23. The molecule has 1 rings (SSSR count). The van der Waals surface area contributed by atoms with Crippen LogP contribution in [0.15, 0.2) is 18.5 Å². The van der Waals surface area contributed by atoms with E-state index in [2.05, 4.69) is 31.1 Å². The van der Waals surface area contributed by atoms with Crippen molar-refractivity contribution in [1.82, 2.24) is 4.98 Å². The summed E-state index contributed by atoms with van der Waals surface area (Å²) in [5.74, 6) is 0. The summed E-state index contributed by atoms with van der Waals surface area (Å²) in [4.78, 5) is 4.08. The zero-order valence-corrected chi connectivity index (χ0v) is 9.88. The molecule has 1 aromatic rings. The molecule has 1 atom stereocenters. The number of hydrogen-bond acceptors (Lipinski definition) is 3. The summed E-state index contributed by atoms with van der Waals surface area (Å²) < 4.78 is 0. The molecule has 0 aliphatic carbocycles. The number of nitrogens with one attached hydrogen (secondary N) is 1. The molecule has 1 aromatic heterocycles. The summed E-state index contributed by atoms with van der Waals surface area (Å²) in [6, 6.07) is 2.01. The van der Waals surface area contributed by atoms with Gasteiger partial charge in [-0.3, -0.25) is 4.98 Å². The van der Waals surface area contributed by atoms with Gasteiger partial charge in [-0.25, -0.2) is 0 Å². The van der Waals surface area contributed by atoms with E-state index in [0.717, 1.165) is 18.5 Å². The number of hydrogen-bond donors (Lipinski definition) is 2. The van der Waals surface area contributed by atoms with Crippen LogP contribution in [0.4, 0.5) is 5.69 Å². The van der Waals surface area contributed by atoms with E-state index in [1.165, 1.54) is 5.56 Å². The number of nitrogens with two attached hydrogens (primary N) is 1. The number of aryl methyl sites for hydroxylation is 1. The molecule has 0 aliphatic heterocycles. The van der Waals surface area contributed by atoms with E-state index in [0.29, 0.717) is 6.54 Å². The standard InChI is InChI=1S/C12H21N3/c1-4-12(3,6-7-13)15-11-5-8-14-9-10(11)2/h5,8-9H,4,6-7,13H2,1-3H3,(H,14,15). The first-order chi connectivity index (χ1) is 7.11. The van der Waals surface area contributed by atoms with E-state index in [1.807, 2.05) is 18.5 Å². The molecule has 0 spiro atoms. The summed E-state index contributed by atoms with van der Waals surface area (Å²) >= 11 is 0. The van der Waals surface area contributed by atoms with Crippen molar-refractivity contribution in [2.45, 2.75) is 39.2 Å². The lowest BCUT2D eigenvalue weighted by Crippen LogP contribution is -2.36. The second kappa shape index (κ2) is 5.12. The molecule has 84 valence electrons. The molecular weight excluding hydrogens is 186 g/mol. The van der Waals surface area contributed by atoms with Crippen LogP contribution in [0.5, 0.6) is 0 Å². The lowest BCUT2D eigenvalue weighted by Gasteiger charge is -2.31. The fourth-order valence-electron chi connectivity index (χ4n) is 1.58. The van der Waals surface area contributed by atoms with Gasteiger partial charge in [0.1, 0.15) is 0 Å². The van der Waals surface area contributed by atoms with Crippen LogP contribution in [-0.4, -0.2) is 17.1 Å². The predicted molar refractivity (Wildman–Crippen MR) is 65.0 cm³/mol. The Labute approximate surface area is 92.1 Å². The van der Waals surface area contributed by atoms with E-state index in [9.17, 15) is 0 Å². The molecule has 0 saturated carbocycles. The minimum absolute atomic E-state index is 0.0842. The van der Waals surface area contributed by atoms with Gasteiger partial charge in [0.05, 0.1) is 0 Å². The van der Waals surface area contributed by atoms with E-state index in [4.69, 9.17) is 5.73 Å². The summed E-state index contributed by atoms with van der Waals surface area (Å²) in [6.45, 7) is 7.16. The summed E-state index contributed by atoms with van der Waals surface area (Å²) in [5, 5.41) is 3.55. The lowest BCUT2D eigenvalue weighted by molar-refractivity contribution is 0.463. The summed E-state index contributed by atoms with van der Waals surface area (Å²) in [5.41, 5.74) is 8.04. The average Bonchev–Trinajstić information content (AvgIpc) is 2.22. The van der Waals surface area contributed by atoms with E-state index in [-0.39, 0.29) is 5.54 Å². The molecule has 0 aromatic carbocycles. The number of anilines is 1. The maximum Gasteiger partial charge on any atom is 0.0404 e. The van der Waals surface area contributed by atoms with Crippen molar-refractivity contribution in [3.8, 4) is 0 Å². The van der Waals surface area contributed by atoms with Crippen molar-refractivity contribution in [2.75, 3.05) is 11.9 Å². The van der Waals surface area contributed by atoms with Crippen LogP contribution in [0.2, 0.25) is 0 Å². The first-order valence-corrected chi connectivity index (χ1v) is 5.50.